The van der Waals surface area contributed by atoms with Gasteiger partial charge in [-0.1, -0.05) is 0 Å². The number of anilines is 1. The fourth-order valence-corrected chi connectivity index (χ4v) is 3.71. The molecule has 8 nitrogen and oxygen atoms in total. The Morgan fingerprint density at radius 1 is 1.12 bits per heavy atom. The molecular formula is C17H20N6O2. The third-order valence-corrected chi connectivity index (χ3v) is 4.99. The van der Waals surface area contributed by atoms with Gasteiger partial charge >= 0.3 is 0 Å². The largest absolute Gasteiger partial charge is 0.338 e. The smallest absolute Gasteiger partial charge is 0.274 e. The third-order valence-electron chi connectivity index (χ3n) is 4.99. The second-order valence-electron chi connectivity index (χ2n) is 6.69. The zero-order valence-corrected chi connectivity index (χ0v) is 14.1. The third kappa shape index (κ3) is 2.99. The van der Waals surface area contributed by atoms with Crippen molar-refractivity contribution >= 4 is 11.9 Å². The van der Waals surface area contributed by atoms with Crippen LogP contribution in [-0.4, -0.2) is 56.2 Å². The molecule has 0 aromatic carbocycles. The lowest BCUT2D eigenvalue weighted by molar-refractivity contribution is 0.0583. The Bertz CT molecular complexity index is 837. The molecule has 2 aromatic heterocycles. The summed E-state index contributed by atoms with van der Waals surface area (Å²) >= 11 is 0. The van der Waals surface area contributed by atoms with Gasteiger partial charge in [-0.2, -0.15) is 5.10 Å². The molecule has 2 aromatic rings. The summed E-state index contributed by atoms with van der Waals surface area (Å²) in [6.07, 6.45) is 5.54. The second kappa shape index (κ2) is 6.27. The Hall–Kier alpha value is -2.77. The van der Waals surface area contributed by atoms with Crippen molar-refractivity contribution in [3.63, 3.8) is 0 Å². The highest BCUT2D eigenvalue weighted by molar-refractivity contribution is 5.92. The first kappa shape index (κ1) is 15.7. The predicted octanol–water partition coefficient (Wildman–Crippen LogP) is 0.311. The minimum absolute atomic E-state index is 0.106. The van der Waals surface area contributed by atoms with Gasteiger partial charge in [-0.3, -0.25) is 9.59 Å². The summed E-state index contributed by atoms with van der Waals surface area (Å²) in [5, 5.41) is 4.11. The van der Waals surface area contributed by atoms with E-state index >= 15 is 0 Å². The SMILES string of the molecule is Cn1nc(C(=O)N2C[C@H]3CC[C@@H]2CN(c2ncccn2)C3)ccc1=O. The summed E-state index contributed by atoms with van der Waals surface area (Å²) in [5.41, 5.74) is 0.0958. The molecule has 0 unspecified atom stereocenters. The first-order valence-corrected chi connectivity index (χ1v) is 8.49. The van der Waals surface area contributed by atoms with Crippen LogP contribution in [0.15, 0.2) is 35.4 Å². The summed E-state index contributed by atoms with van der Waals surface area (Å²) in [6, 6.07) is 4.81. The molecule has 0 spiro atoms. The van der Waals surface area contributed by atoms with Crippen molar-refractivity contribution in [2.24, 2.45) is 13.0 Å². The quantitative estimate of drug-likeness (QED) is 0.782. The second-order valence-corrected chi connectivity index (χ2v) is 6.69. The minimum Gasteiger partial charge on any atom is -0.338 e. The topological polar surface area (TPSA) is 84.2 Å². The number of hydrogen-bond acceptors (Lipinski definition) is 6. The van der Waals surface area contributed by atoms with E-state index in [4.69, 9.17) is 0 Å². The molecule has 0 aliphatic carbocycles. The molecule has 25 heavy (non-hydrogen) atoms. The summed E-state index contributed by atoms with van der Waals surface area (Å²) < 4.78 is 1.20. The first-order chi connectivity index (χ1) is 12.1. The van der Waals surface area contributed by atoms with Gasteiger partial charge in [-0.15, -0.1) is 0 Å². The summed E-state index contributed by atoms with van der Waals surface area (Å²) in [5.74, 6) is 0.995. The summed E-state index contributed by atoms with van der Waals surface area (Å²) in [4.78, 5) is 37.2. The van der Waals surface area contributed by atoms with E-state index < -0.39 is 0 Å². The predicted molar refractivity (Wildman–Crippen MR) is 91.3 cm³/mol. The van der Waals surface area contributed by atoms with Crippen LogP contribution in [0.3, 0.4) is 0 Å². The molecule has 2 bridgehead atoms. The monoisotopic (exact) mass is 340 g/mol. The van der Waals surface area contributed by atoms with Gasteiger partial charge in [0.25, 0.3) is 11.5 Å². The number of carbonyl (C=O) groups excluding carboxylic acids is 1. The minimum atomic E-state index is -0.221. The van der Waals surface area contributed by atoms with Crippen molar-refractivity contribution in [2.45, 2.75) is 18.9 Å². The molecule has 1 amide bonds. The van der Waals surface area contributed by atoms with E-state index in [2.05, 4.69) is 20.0 Å². The Morgan fingerprint density at radius 3 is 2.68 bits per heavy atom. The van der Waals surface area contributed by atoms with Gasteiger partial charge in [0.2, 0.25) is 5.95 Å². The highest BCUT2D eigenvalue weighted by Crippen LogP contribution is 2.30. The molecule has 0 saturated carbocycles. The highest BCUT2D eigenvalue weighted by Gasteiger charge is 2.38. The molecule has 0 N–H and O–H groups in total. The van der Waals surface area contributed by atoms with E-state index in [0.717, 1.165) is 25.9 Å². The van der Waals surface area contributed by atoms with Gasteiger partial charge in [-0.05, 0) is 30.9 Å². The standard InChI is InChI=1S/C17H20N6O2/c1-21-15(24)6-5-14(20-21)16(25)23-10-12-3-4-13(23)11-22(9-12)17-18-7-2-8-19-17/h2,5-8,12-13H,3-4,9-11H2,1H3/t12-,13+/m0/s1. The number of nitrogens with zero attached hydrogens (tertiary/aromatic N) is 6. The molecule has 5 rings (SSSR count). The summed E-state index contributed by atoms with van der Waals surface area (Å²) in [6.45, 7) is 2.28. The average molecular weight is 340 g/mol. The Kier molecular flexibility index (Phi) is 3.95. The van der Waals surface area contributed by atoms with Crippen LogP contribution >= 0.6 is 0 Å². The lowest BCUT2D eigenvalue weighted by Gasteiger charge is -2.35. The van der Waals surface area contributed by atoms with Crippen LogP contribution < -0.4 is 10.5 Å². The lowest BCUT2D eigenvalue weighted by atomic mass is 9.94. The fourth-order valence-electron chi connectivity index (χ4n) is 3.71. The molecular weight excluding hydrogens is 320 g/mol. The van der Waals surface area contributed by atoms with E-state index in [1.807, 2.05) is 4.90 Å². The Balaban J connectivity index is 1.59. The lowest BCUT2D eigenvalue weighted by Crippen LogP contribution is -2.48. The molecule has 8 heteroatoms. The number of piperidine rings is 1. The van der Waals surface area contributed by atoms with Gasteiger partial charge < -0.3 is 9.80 Å². The average Bonchev–Trinajstić information content (AvgIpc) is 2.96. The Morgan fingerprint density at radius 2 is 1.92 bits per heavy atom. The van der Waals surface area contributed by atoms with E-state index in [1.165, 1.54) is 16.8 Å². The normalized spacial score (nSPS) is 22.8. The maximum absolute atomic E-state index is 12.9. The molecule has 3 saturated heterocycles. The van der Waals surface area contributed by atoms with Crippen LogP contribution in [0.1, 0.15) is 23.3 Å². The molecule has 3 aliphatic rings. The van der Waals surface area contributed by atoms with Crippen LogP contribution in [0.5, 0.6) is 0 Å². The Labute approximate surface area is 145 Å². The number of fused-ring (bicyclic) bond motifs is 4. The zero-order valence-electron chi connectivity index (χ0n) is 14.1. The number of hydrogen-bond donors (Lipinski definition) is 0. The molecule has 5 heterocycles. The van der Waals surface area contributed by atoms with E-state index in [1.54, 1.807) is 25.5 Å². The number of carbonyl (C=O) groups is 1. The van der Waals surface area contributed by atoms with Gasteiger partial charge in [0, 0.05) is 51.2 Å². The van der Waals surface area contributed by atoms with Crippen molar-refractivity contribution in [3.8, 4) is 0 Å². The van der Waals surface area contributed by atoms with Crippen molar-refractivity contribution in [1.82, 2.24) is 24.6 Å². The molecule has 0 radical (unpaired) electrons. The fraction of sp³-hybridized carbons (Fsp3) is 0.471. The van der Waals surface area contributed by atoms with Crippen LogP contribution in [-0.2, 0) is 7.05 Å². The first-order valence-electron chi connectivity index (χ1n) is 8.49. The van der Waals surface area contributed by atoms with Gasteiger partial charge in [0.05, 0.1) is 0 Å². The van der Waals surface area contributed by atoms with E-state index in [-0.39, 0.29) is 17.5 Å². The number of aryl methyl sites for hydroxylation is 1. The van der Waals surface area contributed by atoms with E-state index in [0.29, 0.717) is 24.1 Å². The molecule has 130 valence electrons. The van der Waals surface area contributed by atoms with Crippen LogP contribution in [0.2, 0.25) is 0 Å². The van der Waals surface area contributed by atoms with Crippen LogP contribution in [0, 0.1) is 5.92 Å². The highest BCUT2D eigenvalue weighted by atomic mass is 16.2. The molecule has 2 atom stereocenters. The molecule has 3 aliphatic heterocycles. The van der Waals surface area contributed by atoms with Crippen LogP contribution in [0.25, 0.3) is 0 Å². The van der Waals surface area contributed by atoms with Gasteiger partial charge in [0.15, 0.2) is 0 Å². The number of aromatic nitrogens is 4. The maximum Gasteiger partial charge on any atom is 0.274 e. The van der Waals surface area contributed by atoms with Gasteiger partial charge in [0.1, 0.15) is 5.69 Å². The number of amides is 1. The van der Waals surface area contributed by atoms with Crippen molar-refractivity contribution in [2.75, 3.05) is 24.5 Å². The van der Waals surface area contributed by atoms with Crippen molar-refractivity contribution in [1.29, 1.82) is 0 Å². The van der Waals surface area contributed by atoms with E-state index in [9.17, 15) is 9.59 Å². The van der Waals surface area contributed by atoms with Crippen LogP contribution in [0.4, 0.5) is 5.95 Å². The maximum atomic E-state index is 12.9. The molecule has 3 fully saturated rings. The summed E-state index contributed by atoms with van der Waals surface area (Å²) in [7, 11) is 1.56. The number of rotatable bonds is 2. The van der Waals surface area contributed by atoms with Crippen molar-refractivity contribution < 1.29 is 4.79 Å². The zero-order chi connectivity index (χ0) is 17.4. The van der Waals surface area contributed by atoms with Crippen molar-refractivity contribution in [3.05, 3.63) is 46.6 Å². The van der Waals surface area contributed by atoms with Gasteiger partial charge in [-0.25, -0.2) is 14.6 Å².